The summed E-state index contributed by atoms with van der Waals surface area (Å²) in [5.74, 6) is -0.187. The summed E-state index contributed by atoms with van der Waals surface area (Å²) in [4.78, 5) is 24.1. The first kappa shape index (κ1) is 15.7. The molecule has 4 N–H and O–H groups in total. The van der Waals surface area contributed by atoms with E-state index in [1.165, 1.54) is 0 Å². The minimum Gasteiger partial charge on any atom is -0.368 e. The topological polar surface area (TPSA) is 84.2 Å². The molecule has 0 aromatic heterocycles. The van der Waals surface area contributed by atoms with E-state index in [9.17, 15) is 9.59 Å². The van der Waals surface area contributed by atoms with Crippen molar-refractivity contribution in [2.45, 2.75) is 43.8 Å². The third-order valence-electron chi connectivity index (χ3n) is 4.66. The number of nitrogens with one attached hydrogen (secondary N) is 2. The van der Waals surface area contributed by atoms with Crippen LogP contribution in [0.1, 0.15) is 24.8 Å². The van der Waals surface area contributed by atoms with Gasteiger partial charge in [0.15, 0.2) is 0 Å². The van der Waals surface area contributed by atoms with Crippen LogP contribution in [0.4, 0.5) is 0 Å². The Hall–Kier alpha value is -1.15. The third kappa shape index (κ3) is 3.43. The summed E-state index contributed by atoms with van der Waals surface area (Å²) < 4.78 is 1.13. The lowest BCUT2D eigenvalue weighted by atomic mass is 9.98. The second-order valence-electron chi connectivity index (χ2n) is 6.21. The Balaban J connectivity index is 1.63. The van der Waals surface area contributed by atoms with E-state index >= 15 is 0 Å². The summed E-state index contributed by atoms with van der Waals surface area (Å²) in [6.07, 6.45) is 3.74. The summed E-state index contributed by atoms with van der Waals surface area (Å²) in [6.45, 7) is 0. The minimum absolute atomic E-state index is 0.0958. The van der Waals surface area contributed by atoms with Crippen LogP contribution >= 0.6 is 22.6 Å². The first-order valence-electron chi connectivity index (χ1n) is 7.63. The fraction of sp³-hybridized carbons (Fsp3) is 0.500. The number of carbonyl (C=O) groups excluding carboxylic acids is 2. The lowest BCUT2D eigenvalue weighted by molar-refractivity contribution is -0.129. The molecule has 118 valence electrons. The zero-order chi connectivity index (χ0) is 15.7. The van der Waals surface area contributed by atoms with E-state index in [4.69, 9.17) is 5.73 Å². The molecule has 2 aliphatic rings. The molecule has 5 nitrogen and oxygen atoms in total. The Labute approximate surface area is 143 Å². The van der Waals surface area contributed by atoms with Crippen LogP contribution in [0.2, 0.25) is 0 Å². The van der Waals surface area contributed by atoms with Gasteiger partial charge in [0.05, 0.1) is 6.04 Å². The average molecular weight is 413 g/mol. The highest BCUT2D eigenvalue weighted by Crippen LogP contribution is 2.35. The summed E-state index contributed by atoms with van der Waals surface area (Å²) in [6, 6.07) is 7.51. The van der Waals surface area contributed by atoms with Crippen LogP contribution in [0, 0.1) is 9.49 Å². The van der Waals surface area contributed by atoms with E-state index < -0.39 is 11.9 Å². The Kier molecular flexibility index (Phi) is 4.67. The number of hydrogen-bond donors (Lipinski definition) is 3. The predicted octanol–water partition coefficient (Wildman–Crippen LogP) is 0.944. The zero-order valence-corrected chi connectivity index (χ0v) is 14.4. The third-order valence-corrected chi connectivity index (χ3v) is 5.37. The molecular formula is C16H20IN3O2. The standard InChI is InChI=1S/C16H20IN3O2/c17-11-4-1-9(2-5-11)7-13(15(18)21)20-16(22)14-10-3-6-12(8-10)19-14/h1-2,4-5,10,12-14,19H,3,6-8H2,(H2,18,21)(H,20,22)/t10-,12+,13-,14-/m0/s1. The Morgan fingerprint density at radius 3 is 2.59 bits per heavy atom. The normalized spacial score (nSPS) is 27.6. The molecule has 22 heavy (non-hydrogen) atoms. The number of fused-ring (bicyclic) bond motifs is 2. The maximum Gasteiger partial charge on any atom is 0.240 e. The maximum absolute atomic E-state index is 12.4. The van der Waals surface area contributed by atoms with Gasteiger partial charge in [-0.2, -0.15) is 0 Å². The van der Waals surface area contributed by atoms with Crippen molar-refractivity contribution in [1.82, 2.24) is 10.6 Å². The molecule has 6 heteroatoms. The molecular weight excluding hydrogens is 393 g/mol. The van der Waals surface area contributed by atoms with Gasteiger partial charge in [-0.1, -0.05) is 12.1 Å². The second kappa shape index (κ2) is 6.54. The van der Waals surface area contributed by atoms with Gasteiger partial charge in [0, 0.05) is 16.0 Å². The molecule has 2 amide bonds. The molecule has 1 aliphatic heterocycles. The number of carbonyl (C=O) groups is 2. The molecule has 3 rings (SSSR count). The van der Waals surface area contributed by atoms with E-state index in [1.54, 1.807) is 0 Å². The molecule has 1 aliphatic carbocycles. The SMILES string of the molecule is NC(=O)[C@H](Cc1ccc(I)cc1)NC(=O)[C@H]1N[C@@H]2CC[C@H]1C2. The van der Waals surface area contributed by atoms with Crippen molar-refractivity contribution in [3.63, 3.8) is 0 Å². The van der Waals surface area contributed by atoms with Crippen LogP contribution in [0.25, 0.3) is 0 Å². The molecule has 2 fully saturated rings. The van der Waals surface area contributed by atoms with Crippen LogP contribution in [0.3, 0.4) is 0 Å². The first-order chi connectivity index (χ1) is 10.5. The Morgan fingerprint density at radius 1 is 1.32 bits per heavy atom. The van der Waals surface area contributed by atoms with Crippen molar-refractivity contribution in [3.8, 4) is 0 Å². The molecule has 2 bridgehead atoms. The van der Waals surface area contributed by atoms with Crippen LogP contribution in [0.15, 0.2) is 24.3 Å². The van der Waals surface area contributed by atoms with Crippen LogP contribution in [0.5, 0.6) is 0 Å². The fourth-order valence-electron chi connectivity index (χ4n) is 3.49. The number of nitrogens with two attached hydrogens (primary N) is 1. The van der Waals surface area contributed by atoms with Gasteiger partial charge >= 0.3 is 0 Å². The highest BCUT2D eigenvalue weighted by atomic mass is 127. The Morgan fingerprint density at radius 2 is 2.05 bits per heavy atom. The minimum atomic E-state index is -0.659. The number of piperidine rings is 1. The quantitative estimate of drug-likeness (QED) is 0.629. The molecule has 1 saturated heterocycles. The number of amides is 2. The molecule has 0 radical (unpaired) electrons. The van der Waals surface area contributed by atoms with Gasteiger partial charge in [0.1, 0.15) is 6.04 Å². The van der Waals surface area contributed by atoms with Crippen LogP contribution in [-0.2, 0) is 16.0 Å². The van der Waals surface area contributed by atoms with Gasteiger partial charge in [0.25, 0.3) is 0 Å². The van der Waals surface area contributed by atoms with Crippen molar-refractivity contribution in [2.24, 2.45) is 11.7 Å². The van der Waals surface area contributed by atoms with Gasteiger partial charge in [-0.3, -0.25) is 9.59 Å². The second-order valence-corrected chi connectivity index (χ2v) is 7.45. The smallest absolute Gasteiger partial charge is 0.240 e. The molecule has 0 unspecified atom stereocenters. The fourth-order valence-corrected chi connectivity index (χ4v) is 3.85. The van der Waals surface area contributed by atoms with E-state index in [0.29, 0.717) is 18.4 Å². The number of hydrogen-bond acceptors (Lipinski definition) is 3. The summed E-state index contributed by atoms with van der Waals surface area (Å²) in [7, 11) is 0. The molecule has 1 aromatic rings. The lowest BCUT2D eigenvalue weighted by Crippen LogP contribution is -2.54. The van der Waals surface area contributed by atoms with Crippen molar-refractivity contribution in [1.29, 1.82) is 0 Å². The number of rotatable bonds is 5. The van der Waals surface area contributed by atoms with Gasteiger partial charge in [-0.05, 0) is 65.5 Å². The van der Waals surface area contributed by atoms with Crippen molar-refractivity contribution in [2.75, 3.05) is 0 Å². The highest BCUT2D eigenvalue weighted by Gasteiger charge is 2.43. The zero-order valence-electron chi connectivity index (χ0n) is 12.2. The summed E-state index contributed by atoms with van der Waals surface area (Å²) in [5.41, 5.74) is 6.45. The highest BCUT2D eigenvalue weighted by molar-refractivity contribution is 14.1. The molecule has 0 spiro atoms. The van der Waals surface area contributed by atoms with Gasteiger partial charge < -0.3 is 16.4 Å². The summed E-state index contributed by atoms with van der Waals surface area (Å²) in [5, 5.41) is 6.17. The lowest BCUT2D eigenvalue weighted by Gasteiger charge is -2.24. The van der Waals surface area contributed by atoms with E-state index in [0.717, 1.165) is 28.4 Å². The number of halogens is 1. The van der Waals surface area contributed by atoms with E-state index in [-0.39, 0.29) is 11.9 Å². The largest absolute Gasteiger partial charge is 0.368 e. The van der Waals surface area contributed by atoms with Crippen molar-refractivity contribution in [3.05, 3.63) is 33.4 Å². The van der Waals surface area contributed by atoms with Gasteiger partial charge in [0.2, 0.25) is 11.8 Å². The van der Waals surface area contributed by atoms with E-state index in [1.807, 2.05) is 24.3 Å². The number of benzene rings is 1. The molecule has 1 aromatic carbocycles. The maximum atomic E-state index is 12.4. The average Bonchev–Trinajstić information content (AvgIpc) is 3.11. The van der Waals surface area contributed by atoms with Crippen LogP contribution < -0.4 is 16.4 Å². The van der Waals surface area contributed by atoms with E-state index in [2.05, 4.69) is 33.2 Å². The number of primary amides is 1. The van der Waals surface area contributed by atoms with Gasteiger partial charge in [-0.15, -0.1) is 0 Å². The van der Waals surface area contributed by atoms with Gasteiger partial charge in [-0.25, -0.2) is 0 Å². The van der Waals surface area contributed by atoms with Crippen LogP contribution in [-0.4, -0.2) is 29.9 Å². The first-order valence-corrected chi connectivity index (χ1v) is 8.71. The monoisotopic (exact) mass is 413 g/mol. The van der Waals surface area contributed by atoms with Crippen molar-refractivity contribution < 1.29 is 9.59 Å². The van der Waals surface area contributed by atoms with Crippen molar-refractivity contribution >= 4 is 34.4 Å². The molecule has 1 saturated carbocycles. The molecule has 4 atom stereocenters. The summed E-state index contributed by atoms with van der Waals surface area (Å²) >= 11 is 2.23. The predicted molar refractivity (Wildman–Crippen MR) is 92.0 cm³/mol. The Bertz CT molecular complexity index is 575. The molecule has 1 heterocycles.